The average Bonchev–Trinajstić information content (AvgIpc) is 3.34. The number of nitrogens with one attached hydrogen (secondary N) is 2. The van der Waals surface area contributed by atoms with Crippen LogP contribution in [0.2, 0.25) is 0 Å². The molecule has 1 heterocycles. The minimum absolute atomic E-state index is 0.0371. The van der Waals surface area contributed by atoms with E-state index in [9.17, 15) is 13.6 Å². The standard InChI is InChI=1S/C18H25F2N5O/c1-2-22-18(23-11-6-8-25(9-7-11)17(21)26)24-15-10-12(15)16-13(19)4-3-5-14(16)20/h3-5,11-12,15H,2,6-10H2,1H3,(H2,21,26)(H2,22,23,24). The van der Waals surface area contributed by atoms with Crippen molar-refractivity contribution in [3.63, 3.8) is 0 Å². The number of nitrogens with two attached hydrogens (primary N) is 1. The Bertz CT molecular complexity index is 668. The van der Waals surface area contributed by atoms with Crippen molar-refractivity contribution in [2.45, 2.75) is 44.2 Å². The van der Waals surface area contributed by atoms with Gasteiger partial charge in [0.05, 0.1) is 0 Å². The first-order chi connectivity index (χ1) is 12.5. The van der Waals surface area contributed by atoms with Crippen molar-refractivity contribution >= 4 is 12.0 Å². The molecule has 1 aromatic carbocycles. The quantitative estimate of drug-likeness (QED) is 0.563. The second-order valence-electron chi connectivity index (χ2n) is 6.80. The van der Waals surface area contributed by atoms with Crippen LogP contribution in [0.25, 0.3) is 0 Å². The summed E-state index contributed by atoms with van der Waals surface area (Å²) in [6, 6.07) is 3.72. The highest BCUT2D eigenvalue weighted by molar-refractivity contribution is 5.81. The third-order valence-corrected chi connectivity index (χ3v) is 4.95. The predicted molar refractivity (Wildman–Crippen MR) is 95.9 cm³/mol. The molecule has 26 heavy (non-hydrogen) atoms. The molecule has 0 aromatic heterocycles. The number of hydrogen-bond donors (Lipinski definition) is 3. The zero-order valence-electron chi connectivity index (χ0n) is 14.8. The van der Waals surface area contributed by atoms with Gasteiger partial charge >= 0.3 is 6.03 Å². The summed E-state index contributed by atoms with van der Waals surface area (Å²) in [7, 11) is 0. The van der Waals surface area contributed by atoms with E-state index in [4.69, 9.17) is 5.73 Å². The smallest absolute Gasteiger partial charge is 0.314 e. The van der Waals surface area contributed by atoms with Crippen LogP contribution >= 0.6 is 0 Å². The summed E-state index contributed by atoms with van der Waals surface area (Å²) < 4.78 is 27.8. The lowest BCUT2D eigenvalue weighted by atomic mass is 10.1. The average molecular weight is 365 g/mol. The summed E-state index contributed by atoms with van der Waals surface area (Å²) in [6.45, 7) is 3.75. The second kappa shape index (κ2) is 7.88. The van der Waals surface area contributed by atoms with Crippen LogP contribution in [0, 0.1) is 11.6 Å². The molecule has 6 nitrogen and oxygen atoms in total. The molecule has 2 fully saturated rings. The van der Waals surface area contributed by atoms with E-state index in [-0.39, 0.29) is 23.6 Å². The second-order valence-corrected chi connectivity index (χ2v) is 6.80. The van der Waals surface area contributed by atoms with Crippen molar-refractivity contribution in [3.8, 4) is 0 Å². The largest absolute Gasteiger partial charge is 0.354 e. The van der Waals surface area contributed by atoms with Gasteiger partial charge < -0.3 is 21.3 Å². The number of hydrogen-bond acceptors (Lipinski definition) is 2. The van der Waals surface area contributed by atoms with Crippen molar-refractivity contribution in [2.75, 3.05) is 19.6 Å². The molecule has 0 bridgehead atoms. The van der Waals surface area contributed by atoms with Crippen molar-refractivity contribution in [1.82, 2.24) is 15.5 Å². The first-order valence-electron chi connectivity index (χ1n) is 9.05. The van der Waals surface area contributed by atoms with E-state index in [0.717, 1.165) is 12.8 Å². The number of amides is 2. The van der Waals surface area contributed by atoms with Crippen LogP contribution in [-0.2, 0) is 0 Å². The fourth-order valence-corrected chi connectivity index (χ4v) is 3.44. The van der Waals surface area contributed by atoms with Crippen LogP contribution in [0.4, 0.5) is 13.6 Å². The molecule has 0 spiro atoms. The van der Waals surface area contributed by atoms with Crippen molar-refractivity contribution in [2.24, 2.45) is 10.7 Å². The number of likely N-dealkylation sites (tertiary alicyclic amines) is 1. The third kappa shape index (κ3) is 4.23. The van der Waals surface area contributed by atoms with Gasteiger partial charge in [0.25, 0.3) is 0 Å². The molecule has 2 aliphatic rings. The molecule has 0 radical (unpaired) electrons. The lowest BCUT2D eigenvalue weighted by Gasteiger charge is -2.32. The highest BCUT2D eigenvalue weighted by Gasteiger charge is 2.42. The first kappa shape index (κ1) is 18.4. The topological polar surface area (TPSA) is 82.8 Å². The van der Waals surface area contributed by atoms with Gasteiger partial charge in [0, 0.05) is 43.2 Å². The first-order valence-corrected chi connectivity index (χ1v) is 9.05. The Balaban J connectivity index is 1.56. The fraction of sp³-hybridized carbons (Fsp3) is 0.556. The summed E-state index contributed by atoms with van der Waals surface area (Å²) in [6.07, 6.45) is 2.23. The highest BCUT2D eigenvalue weighted by atomic mass is 19.1. The minimum atomic E-state index is -0.500. The van der Waals surface area contributed by atoms with Gasteiger partial charge in [-0.25, -0.2) is 13.6 Å². The summed E-state index contributed by atoms with van der Waals surface area (Å²) in [5.74, 6) is -0.536. The molecule has 4 N–H and O–H groups in total. The molecule has 2 amide bonds. The molecule has 2 unspecified atom stereocenters. The molecule has 3 rings (SSSR count). The predicted octanol–water partition coefficient (Wildman–Crippen LogP) is 1.92. The van der Waals surface area contributed by atoms with Crippen LogP contribution < -0.4 is 16.4 Å². The number of nitrogens with zero attached hydrogens (tertiary/aromatic N) is 2. The Morgan fingerprint density at radius 2 is 1.92 bits per heavy atom. The molecule has 2 atom stereocenters. The van der Waals surface area contributed by atoms with E-state index in [0.29, 0.717) is 32.0 Å². The molecule has 1 saturated heterocycles. The number of primary amides is 1. The van der Waals surface area contributed by atoms with E-state index in [1.165, 1.54) is 18.2 Å². The van der Waals surface area contributed by atoms with Gasteiger partial charge in [-0.3, -0.25) is 4.99 Å². The summed E-state index contributed by atoms with van der Waals surface area (Å²) >= 11 is 0. The van der Waals surface area contributed by atoms with Gasteiger partial charge in [-0.15, -0.1) is 0 Å². The van der Waals surface area contributed by atoms with E-state index in [1.807, 2.05) is 6.92 Å². The number of guanidine groups is 1. The Hall–Kier alpha value is -2.38. The molecule has 1 aliphatic heterocycles. The van der Waals surface area contributed by atoms with E-state index in [1.54, 1.807) is 4.90 Å². The SMILES string of the molecule is CCN=C(NC1CCN(C(N)=O)CC1)NC1CC1c1c(F)cccc1F. The van der Waals surface area contributed by atoms with Crippen molar-refractivity contribution in [1.29, 1.82) is 0 Å². The molecule has 1 aromatic rings. The zero-order chi connectivity index (χ0) is 18.7. The van der Waals surface area contributed by atoms with Gasteiger partial charge in [-0.2, -0.15) is 0 Å². The molecule has 1 aliphatic carbocycles. The van der Waals surface area contributed by atoms with Gasteiger partial charge in [-0.05, 0) is 38.3 Å². The maximum Gasteiger partial charge on any atom is 0.314 e. The number of rotatable bonds is 4. The van der Waals surface area contributed by atoms with E-state index < -0.39 is 17.7 Å². The Morgan fingerprint density at radius 1 is 1.27 bits per heavy atom. The van der Waals surface area contributed by atoms with Crippen molar-refractivity contribution in [3.05, 3.63) is 35.4 Å². The van der Waals surface area contributed by atoms with Crippen LogP contribution in [0.1, 0.15) is 37.7 Å². The lowest BCUT2D eigenvalue weighted by molar-refractivity contribution is 0.188. The van der Waals surface area contributed by atoms with Gasteiger partial charge in [0.2, 0.25) is 0 Å². The third-order valence-electron chi connectivity index (χ3n) is 4.95. The van der Waals surface area contributed by atoms with Gasteiger partial charge in [0.15, 0.2) is 5.96 Å². The fourth-order valence-electron chi connectivity index (χ4n) is 3.44. The number of carbonyl (C=O) groups excluding carboxylic acids is 1. The van der Waals surface area contributed by atoms with Crippen LogP contribution in [0.5, 0.6) is 0 Å². The Labute approximate surface area is 151 Å². The summed E-state index contributed by atoms with van der Waals surface area (Å²) in [4.78, 5) is 17.2. The van der Waals surface area contributed by atoms with Crippen molar-refractivity contribution < 1.29 is 13.6 Å². The molecular weight excluding hydrogens is 340 g/mol. The highest BCUT2D eigenvalue weighted by Crippen LogP contribution is 2.43. The van der Waals surface area contributed by atoms with Gasteiger partial charge in [-0.1, -0.05) is 6.07 Å². The van der Waals surface area contributed by atoms with E-state index >= 15 is 0 Å². The van der Waals surface area contributed by atoms with Gasteiger partial charge in [0.1, 0.15) is 11.6 Å². The number of aliphatic imine (C=N–C) groups is 1. The maximum absolute atomic E-state index is 13.9. The molecular formula is C18H25F2N5O. The lowest BCUT2D eigenvalue weighted by Crippen LogP contribution is -2.51. The number of urea groups is 1. The molecule has 8 heteroatoms. The van der Waals surface area contributed by atoms with Crippen LogP contribution in [-0.4, -0.2) is 48.6 Å². The molecule has 142 valence electrons. The Morgan fingerprint density at radius 3 is 2.50 bits per heavy atom. The Kier molecular flexibility index (Phi) is 5.58. The zero-order valence-corrected chi connectivity index (χ0v) is 14.8. The minimum Gasteiger partial charge on any atom is -0.354 e. The molecule has 1 saturated carbocycles. The van der Waals surface area contributed by atoms with Crippen LogP contribution in [0.3, 0.4) is 0 Å². The monoisotopic (exact) mass is 365 g/mol. The number of benzene rings is 1. The number of halogens is 2. The number of carbonyl (C=O) groups is 1. The van der Waals surface area contributed by atoms with E-state index in [2.05, 4.69) is 15.6 Å². The maximum atomic E-state index is 13.9. The number of piperidine rings is 1. The normalized spacial score (nSPS) is 23.7. The van der Waals surface area contributed by atoms with Crippen LogP contribution in [0.15, 0.2) is 23.2 Å². The summed E-state index contributed by atoms with van der Waals surface area (Å²) in [5, 5.41) is 6.64. The summed E-state index contributed by atoms with van der Waals surface area (Å²) in [5.41, 5.74) is 5.45.